The SMILES string of the molecule is CS(=O)(=O)N1CCN(C(=O)C(CCCCN[C@@H]2C[C@H]2c2ccc(F)cc2)NC(=O)c2ccccc2)CC1. The van der Waals surface area contributed by atoms with Crippen molar-refractivity contribution in [3.8, 4) is 0 Å². The Morgan fingerprint density at radius 3 is 2.32 bits per heavy atom. The lowest BCUT2D eigenvalue weighted by Gasteiger charge is -2.35. The molecule has 1 aliphatic carbocycles. The van der Waals surface area contributed by atoms with E-state index in [9.17, 15) is 22.4 Å². The summed E-state index contributed by atoms with van der Waals surface area (Å²) in [5, 5.41) is 6.44. The molecule has 0 aromatic heterocycles. The molecule has 1 saturated carbocycles. The van der Waals surface area contributed by atoms with Gasteiger partial charge in [0, 0.05) is 43.7 Å². The molecule has 10 heteroatoms. The zero-order valence-electron chi connectivity index (χ0n) is 21.1. The van der Waals surface area contributed by atoms with Crippen LogP contribution in [0.4, 0.5) is 4.39 Å². The van der Waals surface area contributed by atoms with Crippen LogP contribution < -0.4 is 10.6 Å². The third-order valence-electron chi connectivity index (χ3n) is 7.07. The summed E-state index contributed by atoms with van der Waals surface area (Å²) in [7, 11) is -3.29. The fourth-order valence-corrected chi connectivity index (χ4v) is 5.64. The smallest absolute Gasteiger partial charge is 0.251 e. The summed E-state index contributed by atoms with van der Waals surface area (Å²) in [4.78, 5) is 27.8. The van der Waals surface area contributed by atoms with Crippen LogP contribution >= 0.6 is 0 Å². The summed E-state index contributed by atoms with van der Waals surface area (Å²) >= 11 is 0. The Labute approximate surface area is 218 Å². The van der Waals surface area contributed by atoms with Crippen LogP contribution in [0.5, 0.6) is 0 Å². The number of sulfonamides is 1. The van der Waals surface area contributed by atoms with Crippen LogP contribution in [0.2, 0.25) is 0 Å². The van der Waals surface area contributed by atoms with E-state index < -0.39 is 16.1 Å². The Bertz CT molecular complexity index is 1170. The Kier molecular flexibility index (Phi) is 8.94. The Hall–Kier alpha value is -2.82. The first kappa shape index (κ1) is 27.2. The van der Waals surface area contributed by atoms with Crippen LogP contribution in [0.25, 0.3) is 0 Å². The molecule has 4 rings (SSSR count). The van der Waals surface area contributed by atoms with Gasteiger partial charge in [-0.3, -0.25) is 9.59 Å². The van der Waals surface area contributed by atoms with Crippen molar-refractivity contribution in [1.82, 2.24) is 19.8 Å². The first-order chi connectivity index (χ1) is 17.7. The Morgan fingerprint density at radius 1 is 1.00 bits per heavy atom. The molecule has 1 heterocycles. The van der Waals surface area contributed by atoms with Crippen molar-refractivity contribution in [3.63, 3.8) is 0 Å². The average molecular weight is 531 g/mol. The minimum absolute atomic E-state index is 0.177. The van der Waals surface area contributed by atoms with Gasteiger partial charge in [-0.2, -0.15) is 4.31 Å². The van der Waals surface area contributed by atoms with Crippen LogP contribution in [0.1, 0.15) is 47.5 Å². The number of halogens is 1. The molecule has 1 aliphatic heterocycles. The number of rotatable bonds is 11. The standard InChI is InChI=1S/C27H35FN4O4S/c1-37(35,36)32-17-15-31(16-18-32)27(34)24(30-26(33)21-7-3-2-4-8-21)9-5-6-14-29-25-19-23(25)20-10-12-22(28)13-11-20/h2-4,7-8,10-13,23-25,29H,5-6,9,14-19H2,1H3,(H,30,33)/t23-,24?,25+/m0/s1. The van der Waals surface area contributed by atoms with Crippen LogP contribution in [-0.4, -0.2) is 80.5 Å². The Morgan fingerprint density at radius 2 is 1.68 bits per heavy atom. The van der Waals surface area contributed by atoms with E-state index in [2.05, 4.69) is 10.6 Å². The number of amides is 2. The molecule has 2 fully saturated rings. The van der Waals surface area contributed by atoms with Crippen molar-refractivity contribution in [3.05, 3.63) is 71.5 Å². The van der Waals surface area contributed by atoms with Gasteiger partial charge in [0.05, 0.1) is 6.26 Å². The molecule has 200 valence electrons. The largest absolute Gasteiger partial charge is 0.340 e. The highest BCUT2D eigenvalue weighted by Gasteiger charge is 2.37. The van der Waals surface area contributed by atoms with Crippen molar-refractivity contribution in [2.24, 2.45) is 0 Å². The number of hydrogen-bond acceptors (Lipinski definition) is 5. The molecule has 2 aromatic carbocycles. The summed E-state index contributed by atoms with van der Waals surface area (Å²) in [6.07, 6.45) is 4.29. The first-order valence-corrected chi connectivity index (χ1v) is 14.7. The lowest BCUT2D eigenvalue weighted by atomic mass is 10.1. The van der Waals surface area contributed by atoms with Crippen LogP contribution in [-0.2, 0) is 14.8 Å². The lowest BCUT2D eigenvalue weighted by molar-refractivity contribution is -0.134. The van der Waals surface area contributed by atoms with Gasteiger partial charge < -0.3 is 15.5 Å². The predicted molar refractivity (Wildman–Crippen MR) is 140 cm³/mol. The maximum Gasteiger partial charge on any atom is 0.251 e. The molecule has 1 unspecified atom stereocenters. The van der Waals surface area contributed by atoms with Crippen molar-refractivity contribution >= 4 is 21.8 Å². The maximum atomic E-state index is 13.3. The van der Waals surface area contributed by atoms with Gasteiger partial charge in [0.1, 0.15) is 11.9 Å². The first-order valence-electron chi connectivity index (χ1n) is 12.8. The normalized spacial score (nSPS) is 20.9. The molecule has 3 atom stereocenters. The molecule has 2 aliphatic rings. The second-order valence-corrected chi connectivity index (χ2v) is 11.8. The number of nitrogens with zero attached hydrogens (tertiary/aromatic N) is 2. The fourth-order valence-electron chi connectivity index (χ4n) is 4.81. The number of piperazine rings is 1. The third kappa shape index (κ3) is 7.59. The molecule has 0 spiro atoms. The molecule has 0 bridgehead atoms. The highest BCUT2D eigenvalue weighted by Crippen LogP contribution is 2.40. The average Bonchev–Trinajstić information content (AvgIpc) is 3.67. The fraction of sp³-hybridized carbons (Fsp3) is 0.481. The van der Waals surface area contributed by atoms with E-state index >= 15 is 0 Å². The number of unbranched alkanes of at least 4 members (excludes halogenated alkanes) is 1. The second-order valence-electron chi connectivity index (χ2n) is 9.83. The minimum Gasteiger partial charge on any atom is -0.340 e. The van der Waals surface area contributed by atoms with E-state index in [1.807, 2.05) is 18.2 Å². The summed E-state index contributed by atoms with van der Waals surface area (Å²) in [6, 6.07) is 15.2. The molecule has 0 radical (unpaired) electrons. The predicted octanol–water partition coefficient (Wildman–Crippen LogP) is 2.34. The van der Waals surface area contributed by atoms with Gasteiger partial charge in [0.25, 0.3) is 5.91 Å². The summed E-state index contributed by atoms with van der Waals surface area (Å²) in [5.41, 5.74) is 1.63. The zero-order valence-corrected chi connectivity index (χ0v) is 21.9. The molecular formula is C27H35FN4O4S. The highest BCUT2D eigenvalue weighted by atomic mass is 32.2. The lowest BCUT2D eigenvalue weighted by Crippen LogP contribution is -2.55. The van der Waals surface area contributed by atoms with E-state index in [0.29, 0.717) is 37.0 Å². The molecule has 2 N–H and O–H groups in total. The van der Waals surface area contributed by atoms with Gasteiger partial charge in [0.2, 0.25) is 15.9 Å². The van der Waals surface area contributed by atoms with Gasteiger partial charge in [-0.25, -0.2) is 12.8 Å². The summed E-state index contributed by atoms with van der Waals surface area (Å²) < 4.78 is 38.1. The monoisotopic (exact) mass is 530 g/mol. The van der Waals surface area contributed by atoms with E-state index in [-0.39, 0.29) is 30.7 Å². The molecule has 2 aromatic rings. The third-order valence-corrected chi connectivity index (χ3v) is 8.38. The second kappa shape index (κ2) is 12.1. The minimum atomic E-state index is -3.29. The van der Waals surface area contributed by atoms with Gasteiger partial charge in [-0.15, -0.1) is 0 Å². The van der Waals surface area contributed by atoms with Crippen LogP contribution in [0, 0.1) is 5.82 Å². The molecule has 37 heavy (non-hydrogen) atoms. The summed E-state index contributed by atoms with van der Waals surface area (Å²) in [6.45, 7) is 1.91. The Balaban J connectivity index is 1.27. The van der Waals surface area contributed by atoms with Gasteiger partial charge in [0.15, 0.2) is 0 Å². The molecule has 1 saturated heterocycles. The van der Waals surface area contributed by atoms with Crippen LogP contribution in [0.15, 0.2) is 54.6 Å². The molecule has 8 nitrogen and oxygen atoms in total. The van der Waals surface area contributed by atoms with Crippen LogP contribution in [0.3, 0.4) is 0 Å². The quantitative estimate of drug-likeness (QED) is 0.435. The van der Waals surface area contributed by atoms with E-state index in [4.69, 9.17) is 0 Å². The number of carbonyl (C=O) groups excluding carboxylic acids is 2. The van der Waals surface area contributed by atoms with E-state index in [1.54, 1.807) is 29.2 Å². The number of carbonyl (C=O) groups is 2. The molecule has 2 amide bonds. The van der Waals surface area contributed by atoms with Gasteiger partial charge in [-0.05, 0) is 62.1 Å². The highest BCUT2D eigenvalue weighted by molar-refractivity contribution is 7.88. The number of hydrogen-bond donors (Lipinski definition) is 2. The van der Waals surface area contributed by atoms with E-state index in [1.165, 1.54) is 22.7 Å². The topological polar surface area (TPSA) is 98.8 Å². The van der Waals surface area contributed by atoms with Crippen molar-refractivity contribution in [2.45, 2.75) is 43.7 Å². The van der Waals surface area contributed by atoms with Gasteiger partial charge in [-0.1, -0.05) is 30.3 Å². The maximum absolute atomic E-state index is 13.3. The van der Waals surface area contributed by atoms with E-state index in [0.717, 1.165) is 31.4 Å². The summed E-state index contributed by atoms with van der Waals surface area (Å²) in [5.74, 6) is -0.295. The van der Waals surface area contributed by atoms with Gasteiger partial charge >= 0.3 is 0 Å². The number of nitrogens with one attached hydrogen (secondary N) is 2. The van der Waals surface area contributed by atoms with Crippen molar-refractivity contribution in [1.29, 1.82) is 0 Å². The number of benzene rings is 2. The zero-order chi connectivity index (χ0) is 26.4. The molecular weight excluding hydrogens is 495 g/mol. The van der Waals surface area contributed by atoms with Crippen molar-refractivity contribution < 1.29 is 22.4 Å². The van der Waals surface area contributed by atoms with Crippen molar-refractivity contribution in [2.75, 3.05) is 39.0 Å².